The summed E-state index contributed by atoms with van der Waals surface area (Å²) >= 11 is 0. The Morgan fingerprint density at radius 1 is 1.31 bits per heavy atom. The van der Waals surface area contributed by atoms with Crippen molar-refractivity contribution in [3.63, 3.8) is 0 Å². The first-order valence-electron chi connectivity index (χ1n) is 6.64. The van der Waals surface area contributed by atoms with Crippen LogP contribution in [-0.2, 0) is 4.79 Å². The van der Waals surface area contributed by atoms with Crippen LogP contribution in [0.3, 0.4) is 0 Å². The molecule has 0 radical (unpaired) electrons. The molecular formula is C15H22O. The van der Waals surface area contributed by atoms with Gasteiger partial charge in [-0.05, 0) is 43.4 Å². The van der Waals surface area contributed by atoms with Crippen molar-refractivity contribution in [3.05, 3.63) is 11.1 Å². The summed E-state index contributed by atoms with van der Waals surface area (Å²) < 4.78 is 0. The average Bonchev–Trinajstić information content (AvgIpc) is 2.69. The van der Waals surface area contributed by atoms with Crippen molar-refractivity contribution < 1.29 is 4.79 Å². The molecule has 0 N–H and O–H groups in total. The topological polar surface area (TPSA) is 17.1 Å². The second kappa shape index (κ2) is 2.80. The van der Waals surface area contributed by atoms with Crippen LogP contribution in [0.4, 0.5) is 0 Å². The van der Waals surface area contributed by atoms with E-state index in [-0.39, 0.29) is 5.41 Å². The lowest BCUT2D eigenvalue weighted by Gasteiger charge is -2.43. The number of hydrogen-bond donors (Lipinski definition) is 0. The Balaban J connectivity index is 2.25. The van der Waals surface area contributed by atoms with E-state index in [1.165, 1.54) is 30.4 Å². The summed E-state index contributed by atoms with van der Waals surface area (Å²) in [6.45, 7) is 9.19. The maximum absolute atomic E-state index is 12.2. The Labute approximate surface area is 98.3 Å². The Morgan fingerprint density at radius 2 is 2.00 bits per heavy atom. The first kappa shape index (κ1) is 10.6. The molecule has 0 heterocycles. The molecule has 0 unspecified atom stereocenters. The SMILES string of the molecule is CC1=C2C(=O)C[C@H](C)[C@]23CC[C@@H](C3)C1(C)C. The van der Waals surface area contributed by atoms with E-state index in [0.717, 1.165) is 12.3 Å². The number of carbonyl (C=O) groups excluding carboxylic acids is 1. The molecule has 0 aromatic rings. The Morgan fingerprint density at radius 3 is 2.69 bits per heavy atom. The maximum atomic E-state index is 12.2. The molecule has 2 fully saturated rings. The quantitative estimate of drug-likeness (QED) is 0.605. The largest absolute Gasteiger partial charge is 0.295 e. The summed E-state index contributed by atoms with van der Waals surface area (Å²) in [6, 6.07) is 0. The van der Waals surface area contributed by atoms with E-state index in [9.17, 15) is 4.79 Å². The van der Waals surface area contributed by atoms with Crippen molar-refractivity contribution >= 4 is 5.78 Å². The molecule has 3 aliphatic carbocycles. The number of hydrogen-bond acceptors (Lipinski definition) is 1. The zero-order valence-electron chi connectivity index (χ0n) is 10.9. The molecule has 3 aliphatic rings. The summed E-state index contributed by atoms with van der Waals surface area (Å²) in [5, 5.41) is 0. The van der Waals surface area contributed by atoms with Crippen LogP contribution < -0.4 is 0 Å². The van der Waals surface area contributed by atoms with Crippen LogP contribution in [0.15, 0.2) is 11.1 Å². The maximum Gasteiger partial charge on any atom is 0.159 e. The fraction of sp³-hybridized carbons (Fsp3) is 0.800. The Hall–Kier alpha value is -0.590. The van der Waals surface area contributed by atoms with Gasteiger partial charge >= 0.3 is 0 Å². The van der Waals surface area contributed by atoms with Gasteiger partial charge in [0.25, 0.3) is 0 Å². The summed E-state index contributed by atoms with van der Waals surface area (Å²) in [4.78, 5) is 12.2. The molecule has 2 saturated carbocycles. The number of carbonyl (C=O) groups is 1. The minimum atomic E-state index is 0.259. The number of ketones is 1. The molecule has 0 aromatic carbocycles. The summed E-state index contributed by atoms with van der Waals surface area (Å²) in [5.74, 6) is 1.86. The molecule has 1 heteroatoms. The smallest absolute Gasteiger partial charge is 0.159 e. The van der Waals surface area contributed by atoms with E-state index in [2.05, 4.69) is 27.7 Å². The van der Waals surface area contributed by atoms with E-state index in [0.29, 0.717) is 17.1 Å². The number of rotatable bonds is 0. The third-order valence-electron chi connectivity index (χ3n) is 6.12. The molecule has 3 rings (SSSR count). The lowest BCUT2D eigenvalue weighted by Crippen LogP contribution is -2.35. The van der Waals surface area contributed by atoms with Crippen molar-refractivity contribution in [2.45, 2.75) is 53.4 Å². The van der Waals surface area contributed by atoms with Gasteiger partial charge in [-0.25, -0.2) is 0 Å². The monoisotopic (exact) mass is 218 g/mol. The van der Waals surface area contributed by atoms with Gasteiger partial charge < -0.3 is 0 Å². The highest BCUT2D eigenvalue weighted by Crippen LogP contribution is 2.66. The highest BCUT2D eigenvalue weighted by atomic mass is 16.1. The minimum absolute atomic E-state index is 0.259. The van der Waals surface area contributed by atoms with E-state index in [4.69, 9.17) is 0 Å². The van der Waals surface area contributed by atoms with E-state index in [1.54, 1.807) is 0 Å². The molecule has 0 amide bonds. The van der Waals surface area contributed by atoms with Crippen LogP contribution in [0.2, 0.25) is 0 Å². The highest BCUT2D eigenvalue weighted by molar-refractivity contribution is 6.00. The van der Waals surface area contributed by atoms with Crippen LogP contribution in [0.25, 0.3) is 0 Å². The van der Waals surface area contributed by atoms with Gasteiger partial charge in [-0.2, -0.15) is 0 Å². The van der Waals surface area contributed by atoms with Crippen molar-refractivity contribution in [2.75, 3.05) is 0 Å². The van der Waals surface area contributed by atoms with Crippen LogP contribution in [-0.4, -0.2) is 5.78 Å². The van der Waals surface area contributed by atoms with Crippen LogP contribution >= 0.6 is 0 Å². The van der Waals surface area contributed by atoms with Gasteiger partial charge in [0.2, 0.25) is 0 Å². The second-order valence-corrected chi connectivity index (χ2v) is 6.85. The highest BCUT2D eigenvalue weighted by Gasteiger charge is 2.59. The molecule has 88 valence electrons. The molecule has 0 saturated heterocycles. The molecule has 1 nitrogen and oxygen atoms in total. The first-order valence-corrected chi connectivity index (χ1v) is 6.64. The van der Waals surface area contributed by atoms with Gasteiger partial charge in [-0.1, -0.05) is 26.3 Å². The number of fused-ring (bicyclic) bond motifs is 1. The van der Waals surface area contributed by atoms with Crippen molar-refractivity contribution in [1.82, 2.24) is 0 Å². The molecule has 0 aliphatic heterocycles. The van der Waals surface area contributed by atoms with Crippen LogP contribution in [0.1, 0.15) is 53.4 Å². The van der Waals surface area contributed by atoms with Gasteiger partial charge in [0.15, 0.2) is 5.78 Å². The predicted molar refractivity (Wildman–Crippen MR) is 65.0 cm³/mol. The second-order valence-electron chi connectivity index (χ2n) is 6.85. The normalized spacial score (nSPS) is 45.1. The van der Waals surface area contributed by atoms with Gasteiger partial charge in [-0.3, -0.25) is 4.79 Å². The molecule has 3 atom stereocenters. The summed E-state index contributed by atoms with van der Waals surface area (Å²) in [6.07, 6.45) is 4.67. The fourth-order valence-corrected chi connectivity index (χ4v) is 4.68. The standard InChI is InChI=1S/C15H22O/c1-9-7-12(16)13-10(2)14(3,4)11-5-6-15(9,13)8-11/h9,11H,5-8H2,1-4H3/t9-,11-,15+/m0/s1. The molecule has 0 aromatic heterocycles. The van der Waals surface area contributed by atoms with E-state index >= 15 is 0 Å². The van der Waals surface area contributed by atoms with Gasteiger partial charge in [0.1, 0.15) is 0 Å². The summed E-state index contributed by atoms with van der Waals surface area (Å²) in [5.41, 5.74) is 3.21. The fourth-order valence-electron chi connectivity index (χ4n) is 4.68. The van der Waals surface area contributed by atoms with E-state index < -0.39 is 0 Å². The van der Waals surface area contributed by atoms with Gasteiger partial charge in [-0.15, -0.1) is 0 Å². The lowest BCUT2D eigenvalue weighted by atomic mass is 9.61. The molecule has 2 bridgehead atoms. The van der Waals surface area contributed by atoms with Gasteiger partial charge in [0.05, 0.1) is 0 Å². The Bertz CT molecular complexity index is 402. The lowest BCUT2D eigenvalue weighted by molar-refractivity contribution is -0.115. The summed E-state index contributed by atoms with van der Waals surface area (Å²) in [7, 11) is 0. The zero-order valence-corrected chi connectivity index (χ0v) is 10.9. The molecular weight excluding hydrogens is 196 g/mol. The van der Waals surface area contributed by atoms with Gasteiger partial charge in [0, 0.05) is 17.4 Å². The van der Waals surface area contributed by atoms with Crippen LogP contribution in [0, 0.1) is 22.7 Å². The number of Topliss-reactive ketones (excluding diaryl/α,β-unsaturated/α-hetero) is 1. The number of allylic oxidation sites excluding steroid dienone is 2. The molecule has 1 spiro atoms. The van der Waals surface area contributed by atoms with Crippen molar-refractivity contribution in [1.29, 1.82) is 0 Å². The van der Waals surface area contributed by atoms with E-state index in [1.807, 2.05) is 0 Å². The third-order valence-corrected chi connectivity index (χ3v) is 6.12. The van der Waals surface area contributed by atoms with Crippen molar-refractivity contribution in [3.8, 4) is 0 Å². The van der Waals surface area contributed by atoms with Crippen molar-refractivity contribution in [2.24, 2.45) is 22.7 Å². The zero-order chi connectivity index (χ0) is 11.7. The minimum Gasteiger partial charge on any atom is -0.295 e. The average molecular weight is 218 g/mol. The Kier molecular flexibility index (Phi) is 1.85. The first-order chi connectivity index (χ1) is 7.39. The third kappa shape index (κ3) is 0.959. The molecule has 16 heavy (non-hydrogen) atoms. The predicted octanol–water partition coefficient (Wildman–Crippen LogP) is 3.74. The van der Waals surface area contributed by atoms with Crippen LogP contribution in [0.5, 0.6) is 0 Å².